The summed E-state index contributed by atoms with van der Waals surface area (Å²) in [4.78, 5) is 4.99. The summed E-state index contributed by atoms with van der Waals surface area (Å²) in [7, 11) is 0. The third kappa shape index (κ3) is 1.82. The number of aromatic amines is 2. The van der Waals surface area contributed by atoms with Gasteiger partial charge < -0.3 is 0 Å². The van der Waals surface area contributed by atoms with Crippen molar-refractivity contribution in [1.29, 1.82) is 0 Å². The van der Waals surface area contributed by atoms with Crippen LogP contribution in [0, 0.1) is 5.92 Å². The molecule has 114 valence electrons. The van der Waals surface area contributed by atoms with Crippen molar-refractivity contribution in [3.8, 4) is 11.3 Å². The molecule has 5 heteroatoms. The predicted octanol–water partition coefficient (Wildman–Crippen LogP) is 3.63. The minimum absolute atomic E-state index is 0.691. The zero-order valence-electron chi connectivity index (χ0n) is 12.9. The Labute approximate surface area is 133 Å². The average molecular weight is 303 g/mol. The van der Waals surface area contributed by atoms with Gasteiger partial charge in [0.2, 0.25) is 0 Å². The maximum absolute atomic E-state index is 4.99. The predicted molar refractivity (Wildman–Crippen MR) is 90.2 cm³/mol. The molecule has 1 aliphatic rings. The standard InChI is InChI=1S/C18H17N5/c1-10-2-3-12-13(6-10)18(11-7-19-20-8-11)22-16-5-4-15-14(17(12)16)9-21-23-15/h4-5,7-10H,2-3,6H2,1H3,(H,19,20)(H,21,23). The number of benzene rings is 1. The van der Waals surface area contributed by atoms with Gasteiger partial charge in [-0.1, -0.05) is 6.92 Å². The molecule has 4 aromatic rings. The van der Waals surface area contributed by atoms with E-state index in [4.69, 9.17) is 4.98 Å². The number of nitrogens with zero attached hydrogens (tertiary/aromatic N) is 3. The minimum atomic E-state index is 0.691. The first-order chi connectivity index (χ1) is 11.3. The van der Waals surface area contributed by atoms with E-state index in [2.05, 4.69) is 39.5 Å². The summed E-state index contributed by atoms with van der Waals surface area (Å²) in [5.41, 5.74) is 7.10. The number of hydrogen-bond donors (Lipinski definition) is 2. The van der Waals surface area contributed by atoms with Crippen LogP contribution in [-0.2, 0) is 12.8 Å². The van der Waals surface area contributed by atoms with Crippen LogP contribution in [0.15, 0.2) is 30.7 Å². The summed E-state index contributed by atoms with van der Waals surface area (Å²) in [5, 5.41) is 16.8. The Bertz CT molecular complexity index is 1010. The number of aryl methyl sites for hydroxylation is 1. The summed E-state index contributed by atoms with van der Waals surface area (Å²) in [6.07, 6.45) is 9.13. The Kier molecular flexibility index (Phi) is 2.59. The van der Waals surface area contributed by atoms with Crippen molar-refractivity contribution in [3.63, 3.8) is 0 Å². The van der Waals surface area contributed by atoms with E-state index in [1.54, 1.807) is 0 Å². The highest BCUT2D eigenvalue weighted by molar-refractivity contribution is 6.07. The van der Waals surface area contributed by atoms with Crippen LogP contribution in [0.4, 0.5) is 0 Å². The van der Waals surface area contributed by atoms with E-state index in [9.17, 15) is 0 Å². The van der Waals surface area contributed by atoms with Gasteiger partial charge >= 0.3 is 0 Å². The van der Waals surface area contributed by atoms with Crippen LogP contribution in [0.1, 0.15) is 24.5 Å². The van der Waals surface area contributed by atoms with Gasteiger partial charge in [-0.3, -0.25) is 10.2 Å². The Morgan fingerprint density at radius 3 is 2.96 bits per heavy atom. The summed E-state index contributed by atoms with van der Waals surface area (Å²) in [6, 6.07) is 4.16. The van der Waals surface area contributed by atoms with Crippen LogP contribution in [-0.4, -0.2) is 25.4 Å². The second kappa shape index (κ2) is 4.65. The van der Waals surface area contributed by atoms with Gasteiger partial charge in [-0.25, -0.2) is 4.98 Å². The Morgan fingerprint density at radius 2 is 2.09 bits per heavy atom. The second-order valence-electron chi connectivity index (χ2n) is 6.54. The number of hydrogen-bond acceptors (Lipinski definition) is 3. The van der Waals surface area contributed by atoms with Gasteiger partial charge in [0.1, 0.15) is 0 Å². The van der Waals surface area contributed by atoms with E-state index in [0.717, 1.165) is 35.1 Å². The van der Waals surface area contributed by atoms with Crippen LogP contribution < -0.4 is 0 Å². The number of rotatable bonds is 1. The second-order valence-corrected chi connectivity index (χ2v) is 6.54. The van der Waals surface area contributed by atoms with E-state index < -0.39 is 0 Å². The third-order valence-corrected chi connectivity index (χ3v) is 5.00. The largest absolute Gasteiger partial charge is 0.285 e. The Hall–Kier alpha value is -2.69. The maximum atomic E-state index is 4.99. The van der Waals surface area contributed by atoms with Crippen molar-refractivity contribution in [2.75, 3.05) is 0 Å². The molecule has 2 N–H and O–H groups in total. The highest BCUT2D eigenvalue weighted by Crippen LogP contribution is 2.38. The molecule has 5 nitrogen and oxygen atoms in total. The fourth-order valence-electron chi connectivity index (χ4n) is 3.85. The fourth-order valence-corrected chi connectivity index (χ4v) is 3.85. The normalized spacial score (nSPS) is 17.7. The van der Waals surface area contributed by atoms with Crippen LogP contribution in [0.2, 0.25) is 0 Å². The lowest BCUT2D eigenvalue weighted by molar-refractivity contribution is 0.503. The van der Waals surface area contributed by atoms with Gasteiger partial charge in [-0.05, 0) is 48.4 Å². The van der Waals surface area contributed by atoms with Crippen LogP contribution in [0.5, 0.6) is 0 Å². The molecule has 0 aliphatic heterocycles. The lowest BCUT2D eigenvalue weighted by atomic mass is 9.81. The van der Waals surface area contributed by atoms with Crippen molar-refractivity contribution in [2.45, 2.75) is 26.2 Å². The molecule has 23 heavy (non-hydrogen) atoms. The highest BCUT2D eigenvalue weighted by atomic mass is 15.1. The molecule has 3 aromatic heterocycles. The zero-order chi connectivity index (χ0) is 15.4. The summed E-state index contributed by atoms with van der Waals surface area (Å²) in [6.45, 7) is 2.32. The molecule has 1 atom stereocenters. The van der Waals surface area contributed by atoms with Gasteiger partial charge in [0.05, 0.1) is 29.1 Å². The molecule has 0 saturated heterocycles. The van der Waals surface area contributed by atoms with Gasteiger partial charge in [-0.15, -0.1) is 0 Å². The molecule has 0 saturated carbocycles. The smallest absolute Gasteiger partial charge is 0.0775 e. The molecule has 5 rings (SSSR count). The maximum Gasteiger partial charge on any atom is 0.0775 e. The number of aromatic nitrogens is 5. The van der Waals surface area contributed by atoms with Crippen LogP contribution >= 0.6 is 0 Å². The van der Waals surface area contributed by atoms with E-state index in [1.165, 1.54) is 28.3 Å². The molecule has 0 spiro atoms. The molecule has 1 aromatic carbocycles. The van der Waals surface area contributed by atoms with Crippen LogP contribution in [0.3, 0.4) is 0 Å². The lowest BCUT2D eigenvalue weighted by Crippen LogP contribution is -2.14. The van der Waals surface area contributed by atoms with Crippen molar-refractivity contribution < 1.29 is 0 Å². The topological polar surface area (TPSA) is 70.2 Å². The van der Waals surface area contributed by atoms with Crippen LogP contribution in [0.25, 0.3) is 33.1 Å². The van der Waals surface area contributed by atoms with Gasteiger partial charge in [-0.2, -0.15) is 10.2 Å². The fraction of sp³-hybridized carbons (Fsp3) is 0.278. The first-order valence-corrected chi connectivity index (χ1v) is 8.08. The van der Waals surface area contributed by atoms with E-state index in [0.29, 0.717) is 5.92 Å². The number of fused-ring (bicyclic) bond motifs is 5. The molecule has 1 aliphatic carbocycles. The summed E-state index contributed by atoms with van der Waals surface area (Å²) < 4.78 is 0. The Morgan fingerprint density at radius 1 is 1.13 bits per heavy atom. The average Bonchev–Trinajstić information content (AvgIpc) is 3.24. The molecule has 1 unspecified atom stereocenters. The van der Waals surface area contributed by atoms with Crippen molar-refractivity contribution in [3.05, 3.63) is 41.9 Å². The molecule has 0 radical (unpaired) electrons. The molecular weight excluding hydrogens is 286 g/mol. The van der Waals surface area contributed by atoms with Gasteiger partial charge in [0, 0.05) is 22.5 Å². The third-order valence-electron chi connectivity index (χ3n) is 5.00. The number of pyridine rings is 1. The summed E-state index contributed by atoms with van der Waals surface area (Å²) >= 11 is 0. The number of nitrogens with one attached hydrogen (secondary N) is 2. The SMILES string of the molecule is CC1CCc2c(c(-c3cn[nH]c3)nc3ccc4[nH]ncc4c23)C1. The molecule has 0 amide bonds. The van der Waals surface area contributed by atoms with E-state index in [-0.39, 0.29) is 0 Å². The van der Waals surface area contributed by atoms with Crippen molar-refractivity contribution in [2.24, 2.45) is 5.92 Å². The minimum Gasteiger partial charge on any atom is -0.285 e. The van der Waals surface area contributed by atoms with Crippen molar-refractivity contribution >= 4 is 21.8 Å². The van der Waals surface area contributed by atoms with Gasteiger partial charge in [0.15, 0.2) is 0 Å². The molecule has 3 heterocycles. The first-order valence-electron chi connectivity index (χ1n) is 8.08. The summed E-state index contributed by atoms with van der Waals surface area (Å²) in [5.74, 6) is 0.691. The Balaban J connectivity index is 1.93. The van der Waals surface area contributed by atoms with Crippen molar-refractivity contribution in [1.82, 2.24) is 25.4 Å². The lowest BCUT2D eigenvalue weighted by Gasteiger charge is -2.25. The molecule has 0 bridgehead atoms. The van der Waals surface area contributed by atoms with Gasteiger partial charge in [0.25, 0.3) is 0 Å². The quantitative estimate of drug-likeness (QED) is 0.564. The molecule has 0 fully saturated rings. The van der Waals surface area contributed by atoms with E-state index in [1.807, 2.05) is 18.6 Å². The van der Waals surface area contributed by atoms with E-state index >= 15 is 0 Å². The highest BCUT2D eigenvalue weighted by Gasteiger charge is 2.24. The first kappa shape index (κ1) is 12.8. The number of H-pyrrole nitrogens is 2. The monoisotopic (exact) mass is 303 g/mol. The molecular formula is C18H17N5. The zero-order valence-corrected chi connectivity index (χ0v) is 12.9.